The summed E-state index contributed by atoms with van der Waals surface area (Å²) in [6.07, 6.45) is 3.46. The highest BCUT2D eigenvalue weighted by atomic mass is 16.5. The Morgan fingerprint density at radius 3 is 2.55 bits per heavy atom. The number of benzene rings is 1. The fourth-order valence-electron chi connectivity index (χ4n) is 2.20. The Bertz CT molecular complexity index is 772. The SMILES string of the molecule is Cc1cccc(COc2cc(C)nc(-c3ccncc3)n2)c1. The van der Waals surface area contributed by atoms with Crippen LogP contribution in [0.3, 0.4) is 0 Å². The van der Waals surface area contributed by atoms with Gasteiger partial charge in [0.25, 0.3) is 0 Å². The molecular weight excluding hydrogens is 274 g/mol. The molecule has 1 aromatic carbocycles. The van der Waals surface area contributed by atoms with Crippen LogP contribution in [0.1, 0.15) is 16.8 Å². The first-order valence-electron chi connectivity index (χ1n) is 7.15. The van der Waals surface area contributed by atoms with E-state index in [4.69, 9.17) is 4.74 Å². The molecule has 2 aromatic heterocycles. The van der Waals surface area contributed by atoms with Gasteiger partial charge >= 0.3 is 0 Å². The lowest BCUT2D eigenvalue weighted by Crippen LogP contribution is -2.01. The van der Waals surface area contributed by atoms with Crippen molar-refractivity contribution in [1.82, 2.24) is 15.0 Å². The Morgan fingerprint density at radius 2 is 1.77 bits per heavy atom. The van der Waals surface area contributed by atoms with Gasteiger partial charge in [-0.05, 0) is 31.5 Å². The van der Waals surface area contributed by atoms with Gasteiger partial charge in [-0.2, -0.15) is 4.98 Å². The van der Waals surface area contributed by atoms with E-state index in [0.717, 1.165) is 16.8 Å². The second-order valence-corrected chi connectivity index (χ2v) is 5.18. The topological polar surface area (TPSA) is 47.9 Å². The molecule has 0 spiro atoms. The van der Waals surface area contributed by atoms with Crippen molar-refractivity contribution in [2.45, 2.75) is 20.5 Å². The number of aryl methyl sites for hydroxylation is 2. The zero-order chi connectivity index (χ0) is 15.4. The molecule has 3 aromatic rings. The summed E-state index contributed by atoms with van der Waals surface area (Å²) >= 11 is 0. The van der Waals surface area contributed by atoms with Gasteiger partial charge in [0.05, 0.1) is 0 Å². The molecule has 0 atom stereocenters. The first kappa shape index (κ1) is 14.2. The molecule has 0 radical (unpaired) electrons. The number of hydrogen-bond acceptors (Lipinski definition) is 4. The molecule has 0 amide bonds. The molecular formula is C18H17N3O. The number of pyridine rings is 1. The summed E-state index contributed by atoms with van der Waals surface area (Å²) in [5, 5.41) is 0. The van der Waals surface area contributed by atoms with Gasteiger partial charge in [-0.3, -0.25) is 4.98 Å². The Morgan fingerprint density at radius 1 is 0.955 bits per heavy atom. The number of hydrogen-bond donors (Lipinski definition) is 0. The second-order valence-electron chi connectivity index (χ2n) is 5.18. The lowest BCUT2D eigenvalue weighted by molar-refractivity contribution is 0.293. The highest BCUT2D eigenvalue weighted by Crippen LogP contribution is 2.19. The van der Waals surface area contributed by atoms with Gasteiger partial charge in [0, 0.05) is 29.7 Å². The van der Waals surface area contributed by atoms with Crippen molar-refractivity contribution in [1.29, 1.82) is 0 Å². The fraction of sp³-hybridized carbons (Fsp3) is 0.167. The number of aromatic nitrogens is 3. The van der Waals surface area contributed by atoms with Crippen LogP contribution in [0.2, 0.25) is 0 Å². The van der Waals surface area contributed by atoms with Crippen LogP contribution in [-0.4, -0.2) is 15.0 Å². The molecule has 0 saturated heterocycles. The highest BCUT2D eigenvalue weighted by molar-refractivity contribution is 5.54. The Balaban J connectivity index is 1.81. The van der Waals surface area contributed by atoms with Crippen LogP contribution in [0.5, 0.6) is 5.88 Å². The van der Waals surface area contributed by atoms with E-state index >= 15 is 0 Å². The van der Waals surface area contributed by atoms with Gasteiger partial charge in [0.1, 0.15) is 6.61 Å². The third-order valence-electron chi connectivity index (χ3n) is 3.24. The molecule has 0 aliphatic heterocycles. The maximum absolute atomic E-state index is 5.82. The minimum Gasteiger partial charge on any atom is -0.473 e. The van der Waals surface area contributed by atoms with Crippen molar-refractivity contribution >= 4 is 0 Å². The largest absolute Gasteiger partial charge is 0.473 e. The molecule has 2 heterocycles. The normalized spacial score (nSPS) is 10.5. The number of rotatable bonds is 4. The van der Waals surface area contributed by atoms with Crippen LogP contribution in [-0.2, 0) is 6.61 Å². The van der Waals surface area contributed by atoms with Crippen LogP contribution in [0.4, 0.5) is 0 Å². The first-order valence-corrected chi connectivity index (χ1v) is 7.15. The van der Waals surface area contributed by atoms with Crippen LogP contribution in [0.25, 0.3) is 11.4 Å². The Hall–Kier alpha value is -2.75. The maximum Gasteiger partial charge on any atom is 0.217 e. The summed E-state index contributed by atoms with van der Waals surface area (Å²) in [5.41, 5.74) is 4.15. The van der Waals surface area contributed by atoms with Gasteiger partial charge < -0.3 is 4.74 Å². The minimum absolute atomic E-state index is 0.494. The summed E-state index contributed by atoms with van der Waals surface area (Å²) in [7, 11) is 0. The molecule has 0 unspecified atom stereocenters. The van der Waals surface area contributed by atoms with E-state index in [9.17, 15) is 0 Å². The summed E-state index contributed by atoms with van der Waals surface area (Å²) < 4.78 is 5.82. The predicted molar refractivity (Wildman–Crippen MR) is 85.5 cm³/mol. The maximum atomic E-state index is 5.82. The summed E-state index contributed by atoms with van der Waals surface area (Å²) in [6, 6.07) is 13.9. The third kappa shape index (κ3) is 3.47. The van der Waals surface area contributed by atoms with Crippen LogP contribution >= 0.6 is 0 Å². The van der Waals surface area contributed by atoms with Crippen LogP contribution in [0, 0.1) is 13.8 Å². The molecule has 4 nitrogen and oxygen atoms in total. The standard InChI is InChI=1S/C18H17N3O/c1-13-4-3-5-15(10-13)12-22-17-11-14(2)20-18(21-17)16-6-8-19-9-7-16/h3-11H,12H2,1-2H3. The molecule has 3 rings (SSSR count). The smallest absolute Gasteiger partial charge is 0.217 e. The zero-order valence-electron chi connectivity index (χ0n) is 12.7. The van der Waals surface area contributed by atoms with E-state index in [1.807, 2.05) is 37.3 Å². The van der Waals surface area contributed by atoms with Gasteiger partial charge in [-0.1, -0.05) is 29.8 Å². The van der Waals surface area contributed by atoms with Gasteiger partial charge in [-0.25, -0.2) is 4.98 Å². The van der Waals surface area contributed by atoms with Crippen molar-refractivity contribution in [3.05, 3.63) is 71.7 Å². The van der Waals surface area contributed by atoms with E-state index in [2.05, 4.69) is 34.0 Å². The lowest BCUT2D eigenvalue weighted by atomic mass is 10.1. The van der Waals surface area contributed by atoms with E-state index in [1.54, 1.807) is 12.4 Å². The summed E-state index contributed by atoms with van der Waals surface area (Å²) in [4.78, 5) is 12.9. The minimum atomic E-state index is 0.494. The monoisotopic (exact) mass is 291 g/mol. The Labute approximate surface area is 129 Å². The van der Waals surface area contributed by atoms with Gasteiger partial charge in [-0.15, -0.1) is 0 Å². The molecule has 0 aliphatic rings. The van der Waals surface area contributed by atoms with E-state index in [0.29, 0.717) is 18.3 Å². The van der Waals surface area contributed by atoms with Crippen LogP contribution < -0.4 is 4.74 Å². The van der Waals surface area contributed by atoms with E-state index in [-0.39, 0.29) is 0 Å². The Kier molecular flexibility index (Phi) is 4.10. The van der Waals surface area contributed by atoms with Crippen molar-refractivity contribution in [2.75, 3.05) is 0 Å². The number of nitrogens with zero attached hydrogens (tertiary/aromatic N) is 3. The molecule has 22 heavy (non-hydrogen) atoms. The molecule has 0 fully saturated rings. The zero-order valence-corrected chi connectivity index (χ0v) is 12.7. The van der Waals surface area contributed by atoms with Crippen molar-refractivity contribution in [3.8, 4) is 17.3 Å². The van der Waals surface area contributed by atoms with Crippen molar-refractivity contribution in [3.63, 3.8) is 0 Å². The molecule has 4 heteroatoms. The van der Waals surface area contributed by atoms with Crippen molar-refractivity contribution in [2.24, 2.45) is 0 Å². The lowest BCUT2D eigenvalue weighted by Gasteiger charge is -2.08. The number of ether oxygens (including phenoxy) is 1. The van der Waals surface area contributed by atoms with Crippen molar-refractivity contribution < 1.29 is 4.74 Å². The van der Waals surface area contributed by atoms with Crippen LogP contribution in [0.15, 0.2) is 54.9 Å². The second kappa shape index (κ2) is 6.35. The van der Waals surface area contributed by atoms with E-state index < -0.39 is 0 Å². The summed E-state index contributed by atoms with van der Waals surface area (Å²) in [5.74, 6) is 1.24. The average molecular weight is 291 g/mol. The van der Waals surface area contributed by atoms with E-state index in [1.165, 1.54) is 5.56 Å². The predicted octanol–water partition coefficient (Wildman–Crippen LogP) is 3.73. The van der Waals surface area contributed by atoms with Gasteiger partial charge in [0.2, 0.25) is 5.88 Å². The molecule has 0 N–H and O–H groups in total. The fourth-order valence-corrected chi connectivity index (χ4v) is 2.20. The quantitative estimate of drug-likeness (QED) is 0.734. The molecule has 110 valence electrons. The molecule has 0 saturated carbocycles. The average Bonchev–Trinajstić information content (AvgIpc) is 2.53. The first-order chi connectivity index (χ1) is 10.7. The molecule has 0 aliphatic carbocycles. The molecule has 0 bridgehead atoms. The van der Waals surface area contributed by atoms with Gasteiger partial charge in [0.15, 0.2) is 5.82 Å². The summed E-state index contributed by atoms with van der Waals surface area (Å²) in [6.45, 7) is 4.50. The highest BCUT2D eigenvalue weighted by Gasteiger charge is 2.06. The third-order valence-corrected chi connectivity index (χ3v) is 3.24.